The zero-order valence-electron chi connectivity index (χ0n) is 18.6. The normalized spacial score (nSPS) is 11.4. The Bertz CT molecular complexity index is 652. The first-order chi connectivity index (χ1) is 13.2. The van der Waals surface area contributed by atoms with Crippen molar-refractivity contribution in [3.8, 4) is 0 Å². The van der Waals surface area contributed by atoms with Gasteiger partial charge in [0.1, 0.15) is 11.6 Å². The summed E-state index contributed by atoms with van der Waals surface area (Å²) in [4.78, 5) is 23.1. The number of amides is 1. The number of nitrogens with one attached hydrogen (secondary N) is 2. The van der Waals surface area contributed by atoms with Crippen molar-refractivity contribution >= 4 is 11.8 Å². The lowest BCUT2D eigenvalue weighted by Gasteiger charge is -2.07. The fraction of sp³-hybridized carbons (Fsp3) is 0.542. The second-order valence-corrected chi connectivity index (χ2v) is 7.68. The van der Waals surface area contributed by atoms with Gasteiger partial charge in [0.15, 0.2) is 0 Å². The molecule has 2 N–H and O–H groups in total. The van der Waals surface area contributed by atoms with Gasteiger partial charge in [-0.1, -0.05) is 46.6 Å². The van der Waals surface area contributed by atoms with Crippen LogP contribution in [0.1, 0.15) is 73.6 Å². The molecular weight excluding hydrogens is 348 g/mol. The van der Waals surface area contributed by atoms with Gasteiger partial charge in [-0.3, -0.25) is 4.79 Å². The summed E-state index contributed by atoms with van der Waals surface area (Å²) < 4.78 is 0. The molecule has 0 aliphatic heterocycles. The molecule has 0 heterocycles. The first-order valence-corrected chi connectivity index (χ1v) is 10.1. The van der Waals surface area contributed by atoms with Crippen LogP contribution in [0.4, 0.5) is 0 Å². The molecule has 0 aromatic carbocycles. The predicted molar refractivity (Wildman–Crippen MR) is 120 cm³/mol. The minimum absolute atomic E-state index is 0.0266. The molecule has 0 radical (unpaired) electrons. The molecule has 0 unspecified atom stereocenters. The van der Waals surface area contributed by atoms with Crippen LogP contribution in [-0.4, -0.2) is 24.9 Å². The SMILES string of the molecule is CC(C)=CCC/C(C)=C/CNC(=O)CC(=C=O)NC/C=C(\C)CCC=C(C)C. The molecule has 28 heavy (non-hydrogen) atoms. The summed E-state index contributed by atoms with van der Waals surface area (Å²) >= 11 is 0. The molecule has 0 rings (SSSR count). The van der Waals surface area contributed by atoms with Crippen LogP contribution >= 0.6 is 0 Å². The van der Waals surface area contributed by atoms with Gasteiger partial charge in [-0.15, -0.1) is 0 Å². The van der Waals surface area contributed by atoms with E-state index < -0.39 is 0 Å². The van der Waals surface area contributed by atoms with Crippen molar-refractivity contribution in [2.75, 3.05) is 13.1 Å². The molecule has 0 saturated heterocycles. The summed E-state index contributed by atoms with van der Waals surface area (Å²) in [6, 6.07) is 0. The van der Waals surface area contributed by atoms with Gasteiger partial charge in [-0.25, -0.2) is 4.79 Å². The predicted octanol–water partition coefficient (Wildman–Crippen LogP) is 5.18. The highest BCUT2D eigenvalue weighted by Crippen LogP contribution is 2.07. The Hall–Kier alpha value is -2.32. The topological polar surface area (TPSA) is 58.2 Å². The van der Waals surface area contributed by atoms with E-state index in [0.29, 0.717) is 13.1 Å². The molecule has 0 fully saturated rings. The first kappa shape index (κ1) is 25.7. The summed E-state index contributed by atoms with van der Waals surface area (Å²) in [5.41, 5.74) is 5.43. The Balaban J connectivity index is 4.20. The van der Waals surface area contributed by atoms with Crippen LogP contribution in [-0.2, 0) is 9.59 Å². The summed E-state index contributed by atoms with van der Waals surface area (Å²) in [6.07, 6.45) is 12.5. The van der Waals surface area contributed by atoms with Gasteiger partial charge in [-0.05, 0) is 67.2 Å². The summed E-state index contributed by atoms with van der Waals surface area (Å²) in [6.45, 7) is 13.5. The van der Waals surface area contributed by atoms with Gasteiger partial charge in [0, 0.05) is 13.1 Å². The number of carbonyl (C=O) groups is 1. The average Bonchev–Trinajstić information content (AvgIpc) is 2.60. The number of hydrogen-bond donors (Lipinski definition) is 2. The molecule has 0 aliphatic carbocycles. The Morgan fingerprint density at radius 2 is 1.21 bits per heavy atom. The van der Waals surface area contributed by atoms with Crippen LogP contribution in [0.2, 0.25) is 0 Å². The van der Waals surface area contributed by atoms with E-state index in [1.54, 1.807) is 0 Å². The number of carbonyl (C=O) groups excluding carboxylic acids is 2. The summed E-state index contributed by atoms with van der Waals surface area (Å²) in [7, 11) is 0. The lowest BCUT2D eigenvalue weighted by molar-refractivity contribution is -0.120. The lowest BCUT2D eigenvalue weighted by atomic mass is 10.1. The van der Waals surface area contributed by atoms with Crippen molar-refractivity contribution in [2.24, 2.45) is 0 Å². The molecule has 1 amide bonds. The Labute approximate surface area is 171 Å². The third kappa shape index (κ3) is 15.9. The molecule has 0 spiro atoms. The summed E-state index contributed by atoms with van der Waals surface area (Å²) in [5, 5.41) is 5.81. The van der Waals surface area contributed by atoms with E-state index in [1.807, 2.05) is 18.1 Å². The second kappa shape index (κ2) is 15.7. The maximum Gasteiger partial charge on any atom is 0.226 e. The van der Waals surface area contributed by atoms with Gasteiger partial charge < -0.3 is 10.6 Å². The van der Waals surface area contributed by atoms with E-state index in [0.717, 1.165) is 25.7 Å². The van der Waals surface area contributed by atoms with Crippen molar-refractivity contribution < 1.29 is 9.59 Å². The Morgan fingerprint density at radius 3 is 1.64 bits per heavy atom. The van der Waals surface area contributed by atoms with Crippen LogP contribution in [0, 0.1) is 0 Å². The highest BCUT2D eigenvalue weighted by Gasteiger charge is 2.05. The van der Waals surface area contributed by atoms with E-state index in [2.05, 4.69) is 64.3 Å². The minimum Gasteiger partial charge on any atom is -0.376 e. The van der Waals surface area contributed by atoms with E-state index in [-0.39, 0.29) is 18.0 Å². The highest BCUT2D eigenvalue weighted by atomic mass is 16.1. The molecule has 0 aromatic heterocycles. The molecule has 0 atom stereocenters. The van der Waals surface area contributed by atoms with Gasteiger partial charge in [-0.2, -0.15) is 0 Å². The molecule has 4 nitrogen and oxygen atoms in total. The van der Waals surface area contributed by atoms with Crippen molar-refractivity contribution in [1.82, 2.24) is 10.6 Å². The monoisotopic (exact) mass is 386 g/mol. The van der Waals surface area contributed by atoms with Crippen molar-refractivity contribution in [2.45, 2.75) is 73.6 Å². The summed E-state index contributed by atoms with van der Waals surface area (Å²) in [5.74, 6) is 1.66. The van der Waals surface area contributed by atoms with Gasteiger partial charge in [0.05, 0.1) is 6.42 Å². The average molecular weight is 387 g/mol. The zero-order valence-corrected chi connectivity index (χ0v) is 18.6. The van der Waals surface area contributed by atoms with Crippen molar-refractivity contribution in [3.63, 3.8) is 0 Å². The van der Waals surface area contributed by atoms with Crippen LogP contribution in [0.5, 0.6) is 0 Å². The second-order valence-electron chi connectivity index (χ2n) is 7.68. The van der Waals surface area contributed by atoms with Gasteiger partial charge in [0.25, 0.3) is 0 Å². The molecule has 0 aromatic rings. The highest BCUT2D eigenvalue weighted by molar-refractivity contribution is 5.80. The minimum atomic E-state index is -0.177. The molecule has 0 aliphatic rings. The zero-order chi connectivity index (χ0) is 21.4. The van der Waals surface area contributed by atoms with E-state index in [9.17, 15) is 9.59 Å². The third-order valence-corrected chi connectivity index (χ3v) is 4.16. The Kier molecular flexibility index (Phi) is 14.4. The maximum atomic E-state index is 12.0. The lowest BCUT2D eigenvalue weighted by Crippen LogP contribution is -2.27. The van der Waals surface area contributed by atoms with E-state index >= 15 is 0 Å². The molecular formula is C24H38N2O2. The Morgan fingerprint density at radius 1 is 0.750 bits per heavy atom. The molecule has 4 heteroatoms. The van der Waals surface area contributed by atoms with Crippen LogP contribution in [0.3, 0.4) is 0 Å². The van der Waals surface area contributed by atoms with Crippen molar-refractivity contribution in [1.29, 1.82) is 0 Å². The van der Waals surface area contributed by atoms with Crippen molar-refractivity contribution in [3.05, 3.63) is 52.3 Å². The third-order valence-electron chi connectivity index (χ3n) is 4.16. The fourth-order valence-electron chi connectivity index (χ4n) is 2.43. The molecule has 0 saturated carbocycles. The quantitative estimate of drug-likeness (QED) is 0.338. The van der Waals surface area contributed by atoms with Gasteiger partial charge in [0.2, 0.25) is 5.91 Å². The van der Waals surface area contributed by atoms with E-state index in [4.69, 9.17) is 0 Å². The van der Waals surface area contributed by atoms with Gasteiger partial charge >= 0.3 is 0 Å². The van der Waals surface area contributed by atoms with Crippen LogP contribution in [0.15, 0.2) is 52.3 Å². The maximum absolute atomic E-state index is 12.0. The molecule has 156 valence electrons. The fourth-order valence-corrected chi connectivity index (χ4v) is 2.43. The van der Waals surface area contributed by atoms with Crippen LogP contribution in [0.25, 0.3) is 0 Å². The number of rotatable bonds is 13. The standard InChI is InChI=1S/C24H38N2O2/c1-19(2)9-7-11-21(5)13-15-25-23(18-27)17-24(28)26-16-14-22(6)12-8-10-20(3)4/h9-10,13-14,25H,7-8,11-12,15-17H2,1-6H3,(H,26,28)/b21-13+,22-14+. The van der Waals surface area contributed by atoms with Crippen LogP contribution < -0.4 is 10.6 Å². The number of allylic oxidation sites excluding steroid dienone is 6. The largest absolute Gasteiger partial charge is 0.376 e. The van der Waals surface area contributed by atoms with E-state index in [1.165, 1.54) is 22.3 Å². The smallest absolute Gasteiger partial charge is 0.226 e. The molecule has 0 bridgehead atoms. The number of hydrogen-bond acceptors (Lipinski definition) is 3. The first-order valence-electron chi connectivity index (χ1n) is 10.1.